The highest BCUT2D eigenvalue weighted by atomic mass is 32.2. The highest BCUT2D eigenvalue weighted by molar-refractivity contribution is 7.89. The topological polar surface area (TPSA) is 106 Å². The number of hydrogen-bond donors (Lipinski definition) is 1. The molecule has 3 aromatic rings. The Morgan fingerprint density at radius 3 is 2.68 bits per heavy atom. The number of carbonyl (C=O) groups excluding carboxylic acids is 1. The van der Waals surface area contributed by atoms with Gasteiger partial charge in [0.1, 0.15) is 0 Å². The summed E-state index contributed by atoms with van der Waals surface area (Å²) in [7, 11) is -3.54. The summed E-state index contributed by atoms with van der Waals surface area (Å²) in [6.45, 7) is 1.54. The van der Waals surface area contributed by atoms with Gasteiger partial charge >= 0.3 is 5.69 Å². The van der Waals surface area contributed by atoms with E-state index in [0.29, 0.717) is 56.0 Å². The Bertz CT molecular complexity index is 1370. The fourth-order valence-corrected chi connectivity index (χ4v) is 6.44. The first-order valence-electron chi connectivity index (χ1n) is 11.9. The Morgan fingerprint density at radius 2 is 1.88 bits per heavy atom. The van der Waals surface area contributed by atoms with E-state index in [1.807, 2.05) is 18.2 Å². The van der Waals surface area contributed by atoms with E-state index in [1.54, 1.807) is 24.4 Å². The van der Waals surface area contributed by atoms with Gasteiger partial charge in [0.25, 0.3) is 0 Å². The van der Waals surface area contributed by atoms with Crippen molar-refractivity contribution in [2.45, 2.75) is 50.0 Å². The highest BCUT2D eigenvalue weighted by Gasteiger charge is 2.32. The zero-order chi connectivity index (χ0) is 23.7. The molecule has 0 bridgehead atoms. The predicted molar refractivity (Wildman–Crippen MR) is 127 cm³/mol. The highest BCUT2D eigenvalue weighted by Crippen LogP contribution is 2.28. The van der Waals surface area contributed by atoms with Crippen molar-refractivity contribution >= 4 is 21.6 Å². The molecule has 180 valence electrons. The number of benzene rings is 1. The largest absolute Gasteiger partial charge is 0.356 e. The number of carbonyl (C=O) groups is 1. The van der Waals surface area contributed by atoms with Crippen molar-refractivity contribution in [1.82, 2.24) is 23.8 Å². The minimum absolute atomic E-state index is 0.0584. The molecule has 1 aliphatic carbocycles. The number of fused-ring (bicyclic) bond motifs is 2. The van der Waals surface area contributed by atoms with E-state index in [4.69, 9.17) is 0 Å². The smallest absolute Gasteiger partial charge is 0.350 e. The summed E-state index contributed by atoms with van der Waals surface area (Å²) in [6.07, 6.45) is 6.30. The van der Waals surface area contributed by atoms with Crippen LogP contribution in [-0.4, -0.2) is 52.4 Å². The number of aryl methyl sites for hydroxylation is 3. The molecule has 1 aromatic carbocycles. The molecule has 9 nitrogen and oxygen atoms in total. The first kappa shape index (κ1) is 22.8. The molecule has 1 N–H and O–H groups in total. The number of pyridine rings is 1. The molecule has 1 fully saturated rings. The van der Waals surface area contributed by atoms with Crippen LogP contribution in [-0.2, 0) is 34.2 Å². The van der Waals surface area contributed by atoms with Crippen molar-refractivity contribution in [3.8, 4) is 0 Å². The van der Waals surface area contributed by atoms with E-state index in [2.05, 4.69) is 10.4 Å². The first-order chi connectivity index (χ1) is 16.4. The Balaban J connectivity index is 1.10. The molecule has 2 aromatic heterocycles. The van der Waals surface area contributed by atoms with Crippen LogP contribution < -0.4 is 11.0 Å². The number of rotatable bonds is 7. The summed E-state index contributed by atoms with van der Waals surface area (Å²) in [6, 6.07) is 10.9. The normalized spacial score (nSPS) is 17.2. The minimum atomic E-state index is -3.54. The Morgan fingerprint density at radius 1 is 1.09 bits per heavy atom. The molecule has 0 atom stereocenters. The molecule has 0 saturated carbocycles. The van der Waals surface area contributed by atoms with Gasteiger partial charge in [-0.15, -0.1) is 5.10 Å². The van der Waals surface area contributed by atoms with Crippen LogP contribution >= 0.6 is 0 Å². The zero-order valence-electron chi connectivity index (χ0n) is 19.0. The standard InChI is InChI=1S/C24H29N5O4S/c30-23(25-12-4-14-29-24(31)28-13-2-1-7-22(28)26-29)19-10-15-27(16-11-19)34(32,33)21-9-8-18-5-3-6-20(18)17-21/h1-2,7-9,13,17,19H,3-6,10-12,14-16H2,(H,25,30). The van der Waals surface area contributed by atoms with Crippen LogP contribution in [0.15, 0.2) is 52.3 Å². The summed E-state index contributed by atoms with van der Waals surface area (Å²) < 4.78 is 30.6. The van der Waals surface area contributed by atoms with Gasteiger partial charge in [-0.05, 0) is 73.9 Å². The molecule has 0 radical (unpaired) electrons. The molecule has 0 spiro atoms. The fraction of sp³-hybridized carbons (Fsp3) is 0.458. The molecule has 2 aliphatic rings. The van der Waals surface area contributed by atoms with Crippen LogP contribution in [0.5, 0.6) is 0 Å². The van der Waals surface area contributed by atoms with Gasteiger partial charge in [0.15, 0.2) is 5.65 Å². The van der Waals surface area contributed by atoms with Gasteiger partial charge in [-0.3, -0.25) is 9.20 Å². The van der Waals surface area contributed by atoms with Crippen LogP contribution in [0.3, 0.4) is 0 Å². The van der Waals surface area contributed by atoms with E-state index >= 15 is 0 Å². The second-order valence-corrected chi connectivity index (χ2v) is 11.0. The molecular formula is C24H29N5O4S. The third kappa shape index (κ3) is 4.39. The third-order valence-corrected chi connectivity index (χ3v) is 8.76. The first-order valence-corrected chi connectivity index (χ1v) is 13.3. The number of nitrogens with zero attached hydrogens (tertiary/aromatic N) is 4. The van der Waals surface area contributed by atoms with E-state index in [1.165, 1.54) is 19.0 Å². The SMILES string of the molecule is O=C(NCCCn1nc2ccccn2c1=O)C1CCN(S(=O)(=O)c2ccc3c(c2)CCC3)CC1. The van der Waals surface area contributed by atoms with Crippen molar-refractivity contribution in [1.29, 1.82) is 0 Å². The molecule has 1 aliphatic heterocycles. The predicted octanol–water partition coefficient (Wildman–Crippen LogP) is 1.59. The van der Waals surface area contributed by atoms with Gasteiger partial charge in [-0.25, -0.2) is 17.9 Å². The van der Waals surface area contributed by atoms with Gasteiger partial charge < -0.3 is 5.32 Å². The Labute approximate surface area is 198 Å². The van der Waals surface area contributed by atoms with Crippen LogP contribution in [0.25, 0.3) is 5.65 Å². The molecule has 0 unspecified atom stereocenters. The van der Waals surface area contributed by atoms with E-state index < -0.39 is 10.0 Å². The van der Waals surface area contributed by atoms with Crippen molar-refractivity contribution in [3.05, 3.63) is 64.2 Å². The number of piperidine rings is 1. The van der Waals surface area contributed by atoms with Crippen molar-refractivity contribution in [3.63, 3.8) is 0 Å². The van der Waals surface area contributed by atoms with Crippen molar-refractivity contribution in [2.75, 3.05) is 19.6 Å². The molecular weight excluding hydrogens is 454 g/mol. The quantitative estimate of drug-likeness (QED) is 0.514. The average Bonchev–Trinajstić information content (AvgIpc) is 3.46. The Kier molecular flexibility index (Phi) is 6.26. The minimum Gasteiger partial charge on any atom is -0.356 e. The summed E-state index contributed by atoms with van der Waals surface area (Å²) in [4.78, 5) is 25.3. The summed E-state index contributed by atoms with van der Waals surface area (Å²) in [5.41, 5.74) is 2.79. The number of aromatic nitrogens is 3. The number of hydrogen-bond acceptors (Lipinski definition) is 5. The maximum Gasteiger partial charge on any atom is 0.350 e. The molecule has 3 heterocycles. The van der Waals surface area contributed by atoms with Crippen molar-refractivity contribution < 1.29 is 13.2 Å². The van der Waals surface area contributed by atoms with E-state index in [0.717, 1.165) is 24.8 Å². The second kappa shape index (κ2) is 9.34. The summed E-state index contributed by atoms with van der Waals surface area (Å²) in [5, 5.41) is 7.22. The lowest BCUT2D eigenvalue weighted by molar-refractivity contribution is -0.126. The monoisotopic (exact) mass is 483 g/mol. The lowest BCUT2D eigenvalue weighted by atomic mass is 9.97. The van der Waals surface area contributed by atoms with E-state index in [-0.39, 0.29) is 17.5 Å². The third-order valence-electron chi connectivity index (χ3n) is 6.87. The average molecular weight is 484 g/mol. The van der Waals surface area contributed by atoms with Gasteiger partial charge in [0.05, 0.1) is 4.90 Å². The lowest BCUT2D eigenvalue weighted by Gasteiger charge is -2.30. The summed E-state index contributed by atoms with van der Waals surface area (Å²) in [5.74, 6) is -0.263. The van der Waals surface area contributed by atoms with Gasteiger partial charge in [0.2, 0.25) is 15.9 Å². The van der Waals surface area contributed by atoms with Crippen LogP contribution in [0.4, 0.5) is 0 Å². The molecule has 10 heteroatoms. The molecule has 34 heavy (non-hydrogen) atoms. The molecule has 1 amide bonds. The molecule has 5 rings (SSSR count). The lowest BCUT2D eigenvalue weighted by Crippen LogP contribution is -2.43. The maximum absolute atomic E-state index is 13.1. The number of sulfonamides is 1. The van der Waals surface area contributed by atoms with E-state index in [9.17, 15) is 18.0 Å². The fourth-order valence-electron chi connectivity index (χ4n) is 4.91. The Hall–Kier alpha value is -2.98. The summed E-state index contributed by atoms with van der Waals surface area (Å²) >= 11 is 0. The van der Waals surface area contributed by atoms with Crippen LogP contribution in [0.1, 0.15) is 36.8 Å². The number of amides is 1. The van der Waals surface area contributed by atoms with Gasteiger partial charge in [0, 0.05) is 38.3 Å². The second-order valence-electron chi connectivity index (χ2n) is 9.04. The number of nitrogens with one attached hydrogen (secondary N) is 1. The zero-order valence-corrected chi connectivity index (χ0v) is 19.8. The molecule has 1 saturated heterocycles. The van der Waals surface area contributed by atoms with Crippen molar-refractivity contribution in [2.24, 2.45) is 5.92 Å². The van der Waals surface area contributed by atoms with Gasteiger partial charge in [-0.1, -0.05) is 12.1 Å². The van der Waals surface area contributed by atoms with Crippen LogP contribution in [0, 0.1) is 5.92 Å². The van der Waals surface area contributed by atoms with Crippen LogP contribution in [0.2, 0.25) is 0 Å². The maximum atomic E-state index is 13.1. The van der Waals surface area contributed by atoms with Gasteiger partial charge in [-0.2, -0.15) is 4.31 Å².